The summed E-state index contributed by atoms with van der Waals surface area (Å²) in [5, 5.41) is 6.96. The van der Waals surface area contributed by atoms with Crippen molar-refractivity contribution in [2.45, 2.75) is 25.3 Å². The fourth-order valence-electron chi connectivity index (χ4n) is 2.72. The van der Waals surface area contributed by atoms with Gasteiger partial charge in [0.2, 0.25) is 0 Å². The summed E-state index contributed by atoms with van der Waals surface area (Å²) in [7, 11) is 0. The Morgan fingerprint density at radius 1 is 1.25 bits per heavy atom. The van der Waals surface area contributed by atoms with Crippen LogP contribution < -0.4 is 10.6 Å². The molecule has 1 fully saturated rings. The van der Waals surface area contributed by atoms with Gasteiger partial charge in [-0.1, -0.05) is 18.0 Å². The quantitative estimate of drug-likeness (QED) is 0.726. The first kappa shape index (κ1) is 10.2. The van der Waals surface area contributed by atoms with Crippen LogP contribution in [0.4, 0.5) is 15.8 Å². The molecule has 2 N–H and O–H groups in total. The highest BCUT2D eigenvalue weighted by Gasteiger charge is 2.30. The van der Waals surface area contributed by atoms with Crippen molar-refractivity contribution in [2.75, 3.05) is 17.2 Å². The third kappa shape index (κ3) is 1.63. The lowest BCUT2D eigenvalue weighted by Gasteiger charge is -2.17. The molecule has 1 aliphatic heterocycles. The molecule has 1 saturated carbocycles. The molecule has 16 heavy (non-hydrogen) atoms. The van der Waals surface area contributed by atoms with Crippen molar-refractivity contribution in [3.63, 3.8) is 0 Å². The summed E-state index contributed by atoms with van der Waals surface area (Å²) < 4.78 is 13.3. The van der Waals surface area contributed by atoms with E-state index in [9.17, 15) is 4.39 Å². The lowest BCUT2D eigenvalue weighted by atomic mass is 10.0. The van der Waals surface area contributed by atoms with Crippen molar-refractivity contribution in [2.24, 2.45) is 5.92 Å². The number of rotatable bonds is 0. The number of hydrogen-bond donors (Lipinski definition) is 2. The average Bonchev–Trinajstić information content (AvgIpc) is 2.63. The Labute approximate surface area is 99.2 Å². The first-order chi connectivity index (χ1) is 7.74. The molecule has 1 aromatic carbocycles. The minimum absolute atomic E-state index is 0.185. The fraction of sp³-hybridized carbons (Fsp3) is 0.500. The number of benzene rings is 1. The molecule has 2 unspecified atom stereocenters. The van der Waals surface area contributed by atoms with Crippen LogP contribution in [0, 0.1) is 11.7 Å². The second kappa shape index (κ2) is 3.81. The van der Waals surface area contributed by atoms with Gasteiger partial charge in [-0.05, 0) is 24.8 Å². The molecule has 0 saturated heterocycles. The van der Waals surface area contributed by atoms with Gasteiger partial charge < -0.3 is 10.6 Å². The third-order valence-corrected chi connectivity index (χ3v) is 3.90. The van der Waals surface area contributed by atoms with Crippen molar-refractivity contribution >= 4 is 23.0 Å². The van der Waals surface area contributed by atoms with Crippen LogP contribution in [0.25, 0.3) is 0 Å². The maximum atomic E-state index is 13.3. The normalized spacial score (nSPS) is 27.4. The zero-order valence-corrected chi connectivity index (χ0v) is 9.65. The van der Waals surface area contributed by atoms with Crippen molar-refractivity contribution in [3.05, 3.63) is 23.0 Å². The first-order valence-corrected chi connectivity index (χ1v) is 6.11. The molecule has 1 aliphatic carbocycles. The predicted octanol–water partition coefficient (Wildman–Crippen LogP) is 3.49. The molecule has 0 amide bonds. The maximum absolute atomic E-state index is 13.3. The van der Waals surface area contributed by atoms with E-state index >= 15 is 0 Å². The summed E-state index contributed by atoms with van der Waals surface area (Å²) in [4.78, 5) is 0. The molecule has 0 radical (unpaired) electrons. The molecule has 0 spiro atoms. The van der Waals surface area contributed by atoms with Gasteiger partial charge in [-0.2, -0.15) is 0 Å². The summed E-state index contributed by atoms with van der Waals surface area (Å²) in [6, 6.07) is 3.67. The van der Waals surface area contributed by atoms with E-state index in [0.717, 1.165) is 17.9 Å². The SMILES string of the molecule is Fc1cc2c(cc1Cl)NC1CCCC1CN2. The van der Waals surface area contributed by atoms with E-state index in [2.05, 4.69) is 10.6 Å². The number of halogens is 2. The highest BCUT2D eigenvalue weighted by atomic mass is 35.5. The molecule has 4 heteroatoms. The molecule has 2 nitrogen and oxygen atoms in total. The molecule has 0 bridgehead atoms. The lowest BCUT2D eigenvalue weighted by molar-refractivity contribution is 0.537. The molecule has 86 valence electrons. The van der Waals surface area contributed by atoms with Gasteiger partial charge in [-0.25, -0.2) is 4.39 Å². The molecule has 3 rings (SSSR count). The van der Waals surface area contributed by atoms with E-state index in [1.807, 2.05) is 0 Å². The van der Waals surface area contributed by atoms with Crippen LogP contribution in [-0.2, 0) is 0 Å². The summed E-state index contributed by atoms with van der Waals surface area (Å²) in [5.74, 6) is 0.288. The Morgan fingerprint density at radius 3 is 3.00 bits per heavy atom. The van der Waals surface area contributed by atoms with Crippen molar-refractivity contribution in [3.8, 4) is 0 Å². The Bertz CT molecular complexity index is 422. The summed E-state index contributed by atoms with van der Waals surface area (Å²) in [6.07, 6.45) is 3.71. The second-order valence-corrected chi connectivity index (χ2v) is 5.04. The number of fused-ring (bicyclic) bond motifs is 2. The van der Waals surface area contributed by atoms with E-state index in [0.29, 0.717) is 12.0 Å². The van der Waals surface area contributed by atoms with Crippen molar-refractivity contribution < 1.29 is 4.39 Å². The number of nitrogens with one attached hydrogen (secondary N) is 2. The predicted molar refractivity (Wildman–Crippen MR) is 64.7 cm³/mol. The van der Waals surface area contributed by atoms with E-state index in [4.69, 9.17) is 11.6 Å². The van der Waals surface area contributed by atoms with Crippen LogP contribution in [0.3, 0.4) is 0 Å². The standard InChI is InChI=1S/C12H14ClFN2/c13-8-4-12-11(5-9(8)14)15-6-7-2-1-3-10(7)16-12/h4-5,7,10,15-16H,1-3,6H2. The van der Waals surface area contributed by atoms with E-state index < -0.39 is 0 Å². The third-order valence-electron chi connectivity index (χ3n) is 3.62. The largest absolute Gasteiger partial charge is 0.383 e. The van der Waals surface area contributed by atoms with Crippen molar-refractivity contribution in [1.29, 1.82) is 0 Å². The highest BCUT2D eigenvalue weighted by Crippen LogP contribution is 2.36. The average molecular weight is 241 g/mol. The highest BCUT2D eigenvalue weighted by molar-refractivity contribution is 6.31. The van der Waals surface area contributed by atoms with Gasteiger partial charge in [-0.3, -0.25) is 0 Å². The van der Waals surface area contributed by atoms with Gasteiger partial charge in [0.1, 0.15) is 5.82 Å². The van der Waals surface area contributed by atoms with Gasteiger partial charge in [-0.15, -0.1) is 0 Å². The first-order valence-electron chi connectivity index (χ1n) is 5.73. The molecule has 2 atom stereocenters. The van der Waals surface area contributed by atoms with Gasteiger partial charge >= 0.3 is 0 Å². The van der Waals surface area contributed by atoms with Gasteiger partial charge in [0.15, 0.2) is 0 Å². The van der Waals surface area contributed by atoms with E-state index in [1.165, 1.54) is 25.3 Å². The molecular formula is C12H14ClFN2. The minimum atomic E-state index is -0.359. The topological polar surface area (TPSA) is 24.1 Å². The van der Waals surface area contributed by atoms with Crippen LogP contribution in [0.5, 0.6) is 0 Å². The lowest BCUT2D eigenvalue weighted by Crippen LogP contribution is -2.25. The number of hydrogen-bond acceptors (Lipinski definition) is 2. The summed E-state index contributed by atoms with van der Waals surface area (Å²) >= 11 is 5.80. The van der Waals surface area contributed by atoms with Gasteiger partial charge in [0.05, 0.1) is 16.4 Å². The van der Waals surface area contributed by atoms with Crippen LogP contribution in [0.1, 0.15) is 19.3 Å². The molecule has 1 aromatic rings. The minimum Gasteiger partial charge on any atom is -0.383 e. The molecule has 2 aliphatic rings. The van der Waals surface area contributed by atoms with Crippen LogP contribution in [0.15, 0.2) is 12.1 Å². The zero-order chi connectivity index (χ0) is 11.1. The Morgan fingerprint density at radius 2 is 2.12 bits per heavy atom. The smallest absolute Gasteiger partial charge is 0.143 e. The van der Waals surface area contributed by atoms with Crippen LogP contribution in [-0.4, -0.2) is 12.6 Å². The Balaban J connectivity index is 1.97. The molecule has 0 aromatic heterocycles. The van der Waals surface area contributed by atoms with Crippen LogP contribution in [0.2, 0.25) is 5.02 Å². The summed E-state index contributed by atoms with van der Waals surface area (Å²) in [6.45, 7) is 0.922. The van der Waals surface area contributed by atoms with Crippen molar-refractivity contribution in [1.82, 2.24) is 0 Å². The molecular weight excluding hydrogens is 227 g/mol. The van der Waals surface area contributed by atoms with Crippen LogP contribution >= 0.6 is 11.6 Å². The zero-order valence-electron chi connectivity index (χ0n) is 8.89. The number of anilines is 2. The Hall–Kier alpha value is -0.960. The van der Waals surface area contributed by atoms with E-state index in [-0.39, 0.29) is 10.8 Å². The van der Waals surface area contributed by atoms with Gasteiger partial charge in [0.25, 0.3) is 0 Å². The van der Waals surface area contributed by atoms with E-state index in [1.54, 1.807) is 6.07 Å². The fourth-order valence-corrected chi connectivity index (χ4v) is 2.89. The summed E-state index contributed by atoms with van der Waals surface area (Å²) in [5.41, 5.74) is 1.76. The maximum Gasteiger partial charge on any atom is 0.143 e. The monoisotopic (exact) mass is 240 g/mol. The van der Waals surface area contributed by atoms with Gasteiger partial charge in [0, 0.05) is 18.7 Å². The Kier molecular flexibility index (Phi) is 2.43. The molecule has 1 heterocycles. The second-order valence-electron chi connectivity index (χ2n) is 4.63.